The average molecular weight is 370 g/mol. The summed E-state index contributed by atoms with van der Waals surface area (Å²) in [5.74, 6) is 0.972. The molecule has 142 valence electrons. The first-order chi connectivity index (χ1) is 13.0. The van der Waals surface area contributed by atoms with Crippen molar-refractivity contribution in [2.45, 2.75) is 19.4 Å². The van der Waals surface area contributed by atoms with Gasteiger partial charge < -0.3 is 14.8 Å². The number of carbonyl (C=O) groups is 1. The minimum absolute atomic E-state index is 0.0103. The SMILES string of the molecule is CC[C@H](NC(=O)/C=C/c1ccc([N+](=O)[O-])cc1)c1ccc(OC)c(OC)c1. The van der Waals surface area contributed by atoms with Crippen molar-refractivity contribution in [3.63, 3.8) is 0 Å². The van der Waals surface area contributed by atoms with E-state index in [0.29, 0.717) is 23.5 Å². The zero-order chi connectivity index (χ0) is 19.8. The molecule has 0 saturated heterocycles. The number of nitro groups is 1. The first-order valence-corrected chi connectivity index (χ1v) is 8.43. The monoisotopic (exact) mass is 370 g/mol. The maximum atomic E-state index is 12.2. The van der Waals surface area contributed by atoms with Crippen LogP contribution in [-0.4, -0.2) is 25.1 Å². The van der Waals surface area contributed by atoms with Crippen molar-refractivity contribution in [2.24, 2.45) is 0 Å². The van der Waals surface area contributed by atoms with Crippen LogP contribution in [-0.2, 0) is 4.79 Å². The molecule has 0 bridgehead atoms. The van der Waals surface area contributed by atoms with Crippen molar-refractivity contribution in [3.8, 4) is 11.5 Å². The van der Waals surface area contributed by atoms with E-state index in [1.807, 2.05) is 19.1 Å². The first-order valence-electron chi connectivity index (χ1n) is 8.43. The topological polar surface area (TPSA) is 90.7 Å². The molecule has 0 aromatic heterocycles. The Morgan fingerprint density at radius 3 is 2.37 bits per heavy atom. The van der Waals surface area contributed by atoms with Gasteiger partial charge in [-0.25, -0.2) is 0 Å². The molecule has 0 radical (unpaired) electrons. The molecule has 0 aliphatic carbocycles. The molecule has 0 saturated carbocycles. The first kappa shape index (κ1) is 20.0. The molecule has 1 amide bonds. The molecule has 1 N–H and O–H groups in total. The van der Waals surface area contributed by atoms with Crippen molar-refractivity contribution < 1.29 is 19.2 Å². The van der Waals surface area contributed by atoms with E-state index >= 15 is 0 Å². The summed E-state index contributed by atoms with van der Waals surface area (Å²) in [6, 6.07) is 11.3. The molecule has 2 aromatic rings. The van der Waals surface area contributed by atoms with Crippen molar-refractivity contribution in [1.29, 1.82) is 0 Å². The lowest BCUT2D eigenvalue weighted by Gasteiger charge is -2.18. The van der Waals surface area contributed by atoms with Gasteiger partial charge in [0.25, 0.3) is 5.69 Å². The van der Waals surface area contributed by atoms with Crippen LogP contribution in [0.3, 0.4) is 0 Å². The highest BCUT2D eigenvalue weighted by Gasteiger charge is 2.14. The van der Waals surface area contributed by atoms with E-state index < -0.39 is 4.92 Å². The standard InChI is InChI=1S/C20H22N2O5/c1-4-17(15-8-11-18(26-2)19(13-15)27-3)21-20(23)12-7-14-5-9-16(10-6-14)22(24)25/h5-13,17H,4H2,1-3H3,(H,21,23)/b12-7+/t17-/m0/s1. The molecule has 0 aliphatic rings. The second-order valence-corrected chi connectivity index (χ2v) is 5.77. The number of carbonyl (C=O) groups excluding carboxylic acids is 1. The van der Waals surface area contributed by atoms with Crippen LogP contribution in [0.4, 0.5) is 5.69 Å². The van der Waals surface area contributed by atoms with Crippen LogP contribution in [0, 0.1) is 10.1 Å². The highest BCUT2D eigenvalue weighted by Crippen LogP contribution is 2.30. The summed E-state index contributed by atoms with van der Waals surface area (Å²) < 4.78 is 10.5. The molecule has 0 unspecified atom stereocenters. The highest BCUT2D eigenvalue weighted by molar-refractivity contribution is 5.92. The van der Waals surface area contributed by atoms with Gasteiger partial charge in [0.2, 0.25) is 5.91 Å². The zero-order valence-corrected chi connectivity index (χ0v) is 15.5. The number of nitrogens with one attached hydrogen (secondary N) is 1. The molecule has 0 fully saturated rings. The molecule has 0 spiro atoms. The Morgan fingerprint density at radius 2 is 1.81 bits per heavy atom. The molecule has 0 heterocycles. The van der Waals surface area contributed by atoms with E-state index in [9.17, 15) is 14.9 Å². The molecule has 0 aliphatic heterocycles. The summed E-state index contributed by atoms with van der Waals surface area (Å²) >= 11 is 0. The fourth-order valence-corrected chi connectivity index (χ4v) is 2.59. The van der Waals surface area contributed by atoms with Crippen molar-refractivity contribution >= 4 is 17.7 Å². The number of methoxy groups -OCH3 is 2. The third-order valence-corrected chi connectivity index (χ3v) is 4.07. The van der Waals surface area contributed by atoms with Crippen LogP contribution in [0.15, 0.2) is 48.5 Å². The number of rotatable bonds is 8. The van der Waals surface area contributed by atoms with Gasteiger partial charge in [-0.05, 0) is 47.9 Å². The number of benzene rings is 2. The Bertz CT molecular complexity index is 831. The van der Waals surface area contributed by atoms with Gasteiger partial charge in [-0.2, -0.15) is 0 Å². The smallest absolute Gasteiger partial charge is 0.269 e. The maximum Gasteiger partial charge on any atom is 0.269 e. The molecule has 1 atom stereocenters. The summed E-state index contributed by atoms with van der Waals surface area (Å²) in [7, 11) is 3.13. The number of hydrogen-bond acceptors (Lipinski definition) is 5. The number of non-ortho nitro benzene ring substituents is 1. The molecule has 2 aromatic carbocycles. The Morgan fingerprint density at radius 1 is 1.15 bits per heavy atom. The summed E-state index contributed by atoms with van der Waals surface area (Å²) in [6.45, 7) is 1.97. The van der Waals surface area contributed by atoms with Crippen LogP contribution in [0.2, 0.25) is 0 Å². The molecule has 2 rings (SSSR count). The van der Waals surface area contributed by atoms with Gasteiger partial charge in [0.1, 0.15) is 0 Å². The van der Waals surface area contributed by atoms with Gasteiger partial charge in [-0.3, -0.25) is 14.9 Å². The second-order valence-electron chi connectivity index (χ2n) is 5.77. The van der Waals surface area contributed by atoms with Crippen LogP contribution < -0.4 is 14.8 Å². The average Bonchev–Trinajstić information content (AvgIpc) is 2.70. The minimum Gasteiger partial charge on any atom is -0.493 e. The fourth-order valence-electron chi connectivity index (χ4n) is 2.59. The van der Waals surface area contributed by atoms with Gasteiger partial charge in [0.15, 0.2) is 11.5 Å². The lowest BCUT2D eigenvalue weighted by Crippen LogP contribution is -2.26. The van der Waals surface area contributed by atoms with Crippen molar-refractivity contribution in [1.82, 2.24) is 5.32 Å². The lowest BCUT2D eigenvalue weighted by atomic mass is 10.0. The Labute approximate surface area is 157 Å². The Balaban J connectivity index is 2.07. The van der Waals surface area contributed by atoms with Gasteiger partial charge in [-0.15, -0.1) is 0 Å². The van der Waals surface area contributed by atoms with Gasteiger partial charge in [0.05, 0.1) is 25.2 Å². The van der Waals surface area contributed by atoms with E-state index in [-0.39, 0.29) is 17.6 Å². The van der Waals surface area contributed by atoms with Crippen LogP contribution in [0.25, 0.3) is 6.08 Å². The number of nitrogens with zero attached hydrogens (tertiary/aromatic N) is 1. The van der Waals surface area contributed by atoms with E-state index in [4.69, 9.17) is 9.47 Å². The molecule has 7 nitrogen and oxygen atoms in total. The molecule has 7 heteroatoms. The van der Waals surface area contributed by atoms with Gasteiger partial charge in [-0.1, -0.05) is 13.0 Å². The number of hydrogen-bond donors (Lipinski definition) is 1. The fraction of sp³-hybridized carbons (Fsp3) is 0.250. The van der Waals surface area contributed by atoms with Crippen molar-refractivity contribution in [2.75, 3.05) is 14.2 Å². The number of amides is 1. The zero-order valence-electron chi connectivity index (χ0n) is 15.5. The second kappa shape index (κ2) is 9.38. The summed E-state index contributed by atoms with van der Waals surface area (Å²) in [6.07, 6.45) is 3.72. The minimum atomic E-state index is -0.463. The number of nitro benzene ring substituents is 1. The van der Waals surface area contributed by atoms with Crippen LogP contribution in [0.1, 0.15) is 30.5 Å². The summed E-state index contributed by atoms with van der Waals surface area (Å²) in [5, 5.41) is 13.6. The number of ether oxygens (including phenoxy) is 2. The van der Waals surface area contributed by atoms with Crippen LogP contribution in [0.5, 0.6) is 11.5 Å². The lowest BCUT2D eigenvalue weighted by molar-refractivity contribution is -0.384. The summed E-state index contributed by atoms with van der Waals surface area (Å²) in [4.78, 5) is 22.4. The van der Waals surface area contributed by atoms with E-state index in [1.54, 1.807) is 38.5 Å². The maximum absolute atomic E-state index is 12.2. The van der Waals surface area contributed by atoms with Crippen LogP contribution >= 0.6 is 0 Å². The molecule has 27 heavy (non-hydrogen) atoms. The Kier molecular flexibility index (Phi) is 6.93. The Hall–Kier alpha value is -3.35. The summed E-state index contributed by atoms with van der Waals surface area (Å²) in [5.41, 5.74) is 1.62. The normalized spacial score (nSPS) is 11.8. The third kappa shape index (κ3) is 5.31. The van der Waals surface area contributed by atoms with Gasteiger partial charge in [0, 0.05) is 18.2 Å². The van der Waals surface area contributed by atoms with E-state index in [1.165, 1.54) is 18.2 Å². The largest absolute Gasteiger partial charge is 0.493 e. The van der Waals surface area contributed by atoms with E-state index in [2.05, 4.69) is 5.32 Å². The van der Waals surface area contributed by atoms with Crippen molar-refractivity contribution in [3.05, 3.63) is 69.8 Å². The van der Waals surface area contributed by atoms with Gasteiger partial charge >= 0.3 is 0 Å². The highest BCUT2D eigenvalue weighted by atomic mass is 16.6. The third-order valence-electron chi connectivity index (χ3n) is 4.07. The molecular weight excluding hydrogens is 348 g/mol. The molecular formula is C20H22N2O5. The quantitative estimate of drug-likeness (QED) is 0.432. The predicted molar refractivity (Wildman–Crippen MR) is 103 cm³/mol. The predicted octanol–water partition coefficient (Wildman–Crippen LogP) is 3.89. The van der Waals surface area contributed by atoms with E-state index in [0.717, 1.165) is 5.56 Å².